The Hall–Kier alpha value is -1.13. The Morgan fingerprint density at radius 2 is 2.18 bits per heavy atom. The van der Waals surface area contributed by atoms with E-state index in [9.17, 15) is 0 Å². The van der Waals surface area contributed by atoms with Gasteiger partial charge >= 0.3 is 0 Å². The van der Waals surface area contributed by atoms with E-state index < -0.39 is 0 Å². The maximum atomic E-state index is 8.69. The average Bonchev–Trinajstić information content (AvgIpc) is 2.34. The van der Waals surface area contributed by atoms with E-state index in [1.165, 1.54) is 0 Å². The van der Waals surface area contributed by atoms with Crippen molar-refractivity contribution in [3.05, 3.63) is 23.5 Å². The highest BCUT2D eigenvalue weighted by Gasteiger charge is 2.05. The zero-order valence-corrected chi connectivity index (χ0v) is 10.7. The molecule has 0 aliphatic heterocycles. The van der Waals surface area contributed by atoms with Crippen molar-refractivity contribution in [3.8, 4) is 5.75 Å². The molecule has 1 heterocycles. The van der Waals surface area contributed by atoms with E-state index in [4.69, 9.17) is 9.84 Å². The number of rotatable bonds is 8. The second kappa shape index (κ2) is 8.03. The molecular weight excluding hydrogens is 216 g/mol. The van der Waals surface area contributed by atoms with Gasteiger partial charge in [-0.25, -0.2) is 0 Å². The maximum absolute atomic E-state index is 8.69. The number of aromatic nitrogens is 1. The molecule has 0 unspecified atom stereocenters. The van der Waals surface area contributed by atoms with Crippen LogP contribution < -0.4 is 10.1 Å². The summed E-state index contributed by atoms with van der Waals surface area (Å²) in [6.07, 6.45) is 1.65. The van der Waals surface area contributed by atoms with Crippen LogP contribution in [0.15, 0.2) is 12.1 Å². The van der Waals surface area contributed by atoms with Gasteiger partial charge < -0.3 is 15.2 Å². The number of nitrogens with zero attached hydrogens (tertiary/aromatic N) is 1. The second-order valence-electron chi connectivity index (χ2n) is 3.96. The number of nitrogens with one attached hydrogen (secondary N) is 1. The normalized spacial score (nSPS) is 10.5. The van der Waals surface area contributed by atoms with Gasteiger partial charge in [0.1, 0.15) is 5.75 Å². The van der Waals surface area contributed by atoms with Gasteiger partial charge in [-0.2, -0.15) is 0 Å². The molecule has 1 aromatic heterocycles. The number of pyridine rings is 1. The van der Waals surface area contributed by atoms with Crippen LogP contribution in [0.1, 0.15) is 31.2 Å². The summed E-state index contributed by atoms with van der Waals surface area (Å²) in [4.78, 5) is 4.47. The van der Waals surface area contributed by atoms with Gasteiger partial charge in [-0.1, -0.05) is 6.92 Å². The molecule has 4 nitrogen and oxygen atoms in total. The SMILES string of the molecule is CCNCc1nc(C)ccc1OCCCCO. The van der Waals surface area contributed by atoms with Crippen molar-refractivity contribution >= 4 is 0 Å². The van der Waals surface area contributed by atoms with Gasteiger partial charge in [0.2, 0.25) is 0 Å². The lowest BCUT2D eigenvalue weighted by atomic mass is 10.2. The van der Waals surface area contributed by atoms with Gasteiger partial charge in [0.15, 0.2) is 0 Å². The van der Waals surface area contributed by atoms with Crippen LogP contribution in [-0.2, 0) is 6.54 Å². The summed E-state index contributed by atoms with van der Waals surface area (Å²) in [5.41, 5.74) is 1.96. The molecule has 1 rings (SSSR count). The van der Waals surface area contributed by atoms with Crippen molar-refractivity contribution in [2.45, 2.75) is 33.2 Å². The number of aryl methyl sites for hydroxylation is 1. The Kier molecular flexibility index (Phi) is 6.58. The lowest BCUT2D eigenvalue weighted by Crippen LogP contribution is -2.15. The van der Waals surface area contributed by atoms with Gasteiger partial charge in [0.25, 0.3) is 0 Å². The molecule has 0 saturated heterocycles. The van der Waals surface area contributed by atoms with Crippen LogP contribution >= 0.6 is 0 Å². The minimum atomic E-state index is 0.222. The summed E-state index contributed by atoms with van der Waals surface area (Å²) < 4.78 is 5.68. The highest BCUT2D eigenvalue weighted by molar-refractivity contribution is 5.29. The smallest absolute Gasteiger partial charge is 0.142 e. The first kappa shape index (κ1) is 13.9. The molecule has 4 heteroatoms. The lowest BCUT2D eigenvalue weighted by Gasteiger charge is -2.11. The molecule has 0 amide bonds. The van der Waals surface area contributed by atoms with Crippen LogP contribution in [0.2, 0.25) is 0 Å². The first-order valence-corrected chi connectivity index (χ1v) is 6.18. The molecule has 0 radical (unpaired) electrons. The standard InChI is InChI=1S/C13H22N2O2/c1-3-14-10-12-13(7-6-11(2)15-12)17-9-5-4-8-16/h6-7,14,16H,3-5,8-10H2,1-2H3. The Morgan fingerprint density at radius 1 is 1.35 bits per heavy atom. The summed E-state index contributed by atoms with van der Waals surface area (Å²) in [6, 6.07) is 3.92. The Labute approximate surface area is 103 Å². The molecule has 0 saturated carbocycles. The zero-order chi connectivity index (χ0) is 12.5. The van der Waals surface area contributed by atoms with Crippen LogP contribution in [0.25, 0.3) is 0 Å². The van der Waals surface area contributed by atoms with Crippen molar-refractivity contribution in [1.29, 1.82) is 0 Å². The summed E-state index contributed by atoms with van der Waals surface area (Å²) in [7, 11) is 0. The fraction of sp³-hybridized carbons (Fsp3) is 0.615. The average molecular weight is 238 g/mol. The molecule has 0 aliphatic rings. The van der Waals surface area contributed by atoms with Crippen LogP contribution in [0.4, 0.5) is 0 Å². The maximum Gasteiger partial charge on any atom is 0.142 e. The molecule has 17 heavy (non-hydrogen) atoms. The zero-order valence-electron chi connectivity index (χ0n) is 10.7. The fourth-order valence-electron chi connectivity index (χ4n) is 1.50. The number of unbranched alkanes of at least 4 members (excludes halogenated alkanes) is 1. The third-order valence-electron chi connectivity index (χ3n) is 2.42. The Morgan fingerprint density at radius 3 is 2.88 bits per heavy atom. The predicted molar refractivity (Wildman–Crippen MR) is 68.2 cm³/mol. The van der Waals surface area contributed by atoms with Crippen LogP contribution in [-0.4, -0.2) is 29.8 Å². The molecule has 0 spiro atoms. The third-order valence-corrected chi connectivity index (χ3v) is 2.42. The highest BCUT2D eigenvalue weighted by atomic mass is 16.5. The van der Waals surface area contributed by atoms with Crippen molar-refractivity contribution in [3.63, 3.8) is 0 Å². The number of ether oxygens (including phenoxy) is 1. The van der Waals surface area contributed by atoms with Crippen molar-refractivity contribution in [2.75, 3.05) is 19.8 Å². The van der Waals surface area contributed by atoms with Gasteiger partial charge in [0.05, 0.1) is 12.3 Å². The van der Waals surface area contributed by atoms with E-state index in [0.717, 1.165) is 43.1 Å². The number of aliphatic hydroxyl groups is 1. The van der Waals surface area contributed by atoms with Crippen molar-refractivity contribution in [2.24, 2.45) is 0 Å². The highest BCUT2D eigenvalue weighted by Crippen LogP contribution is 2.17. The van der Waals surface area contributed by atoms with Gasteiger partial charge in [-0.3, -0.25) is 4.98 Å². The number of hydrogen-bond donors (Lipinski definition) is 2. The molecule has 1 aromatic rings. The largest absolute Gasteiger partial charge is 0.492 e. The molecule has 96 valence electrons. The second-order valence-corrected chi connectivity index (χ2v) is 3.96. The molecule has 0 bridgehead atoms. The van der Waals surface area contributed by atoms with E-state index in [1.54, 1.807) is 0 Å². The first-order chi connectivity index (χ1) is 8.27. The quantitative estimate of drug-likeness (QED) is 0.676. The van der Waals surface area contributed by atoms with E-state index in [-0.39, 0.29) is 6.61 Å². The molecule has 0 atom stereocenters. The first-order valence-electron chi connectivity index (χ1n) is 6.18. The van der Waals surface area contributed by atoms with Crippen LogP contribution in [0, 0.1) is 6.92 Å². The molecule has 0 aliphatic carbocycles. The Bertz CT molecular complexity index is 329. The monoisotopic (exact) mass is 238 g/mol. The predicted octanol–water partition coefficient (Wildman–Crippen LogP) is 1.65. The molecule has 0 aromatic carbocycles. The summed E-state index contributed by atoms with van der Waals surface area (Å²) >= 11 is 0. The van der Waals surface area contributed by atoms with E-state index >= 15 is 0 Å². The van der Waals surface area contributed by atoms with Gasteiger partial charge in [-0.05, 0) is 38.4 Å². The summed E-state index contributed by atoms with van der Waals surface area (Å²) in [5, 5.41) is 11.9. The van der Waals surface area contributed by atoms with Crippen LogP contribution in [0.5, 0.6) is 5.75 Å². The van der Waals surface area contributed by atoms with E-state index in [0.29, 0.717) is 6.61 Å². The number of aliphatic hydroxyl groups excluding tert-OH is 1. The Balaban J connectivity index is 2.55. The molecule has 0 fully saturated rings. The van der Waals surface area contributed by atoms with E-state index in [1.807, 2.05) is 19.1 Å². The summed E-state index contributed by atoms with van der Waals surface area (Å²) in [5.74, 6) is 0.842. The fourth-order valence-corrected chi connectivity index (χ4v) is 1.50. The molecule has 2 N–H and O–H groups in total. The topological polar surface area (TPSA) is 54.4 Å². The van der Waals surface area contributed by atoms with Crippen molar-refractivity contribution in [1.82, 2.24) is 10.3 Å². The van der Waals surface area contributed by atoms with E-state index in [2.05, 4.69) is 17.2 Å². The minimum absolute atomic E-state index is 0.222. The lowest BCUT2D eigenvalue weighted by molar-refractivity contribution is 0.251. The van der Waals surface area contributed by atoms with Crippen LogP contribution in [0.3, 0.4) is 0 Å². The third kappa shape index (κ3) is 5.15. The minimum Gasteiger partial charge on any atom is -0.492 e. The number of hydrogen-bond acceptors (Lipinski definition) is 4. The summed E-state index contributed by atoms with van der Waals surface area (Å²) in [6.45, 7) is 6.54. The van der Waals surface area contributed by atoms with Crippen molar-refractivity contribution < 1.29 is 9.84 Å². The van der Waals surface area contributed by atoms with Gasteiger partial charge in [-0.15, -0.1) is 0 Å². The van der Waals surface area contributed by atoms with Gasteiger partial charge in [0, 0.05) is 18.8 Å². The molecular formula is C13H22N2O2.